The summed E-state index contributed by atoms with van der Waals surface area (Å²) < 4.78 is 43.1. The maximum Gasteiger partial charge on any atom is 0.387 e. The molecule has 0 saturated heterocycles. The molecule has 0 aliphatic rings. The summed E-state index contributed by atoms with van der Waals surface area (Å²) in [5.41, 5.74) is 0.746. The van der Waals surface area contributed by atoms with Gasteiger partial charge in [-0.05, 0) is 45.4 Å². The lowest BCUT2D eigenvalue weighted by Gasteiger charge is -2.22. The zero-order valence-electron chi connectivity index (χ0n) is 11.4. The first-order valence-corrected chi connectivity index (χ1v) is 7.08. The molecule has 1 aromatic carbocycles. The van der Waals surface area contributed by atoms with Gasteiger partial charge in [0.1, 0.15) is 5.75 Å². The average molecular weight is 291 g/mol. The molecule has 0 heterocycles. The SMILES string of the molecule is C[C@H](N[S@](=O)C(C)(C)C)c1cccc(OC(F)F)c1. The number of hydrogen-bond donors (Lipinski definition) is 1. The molecule has 0 bridgehead atoms. The topological polar surface area (TPSA) is 38.3 Å². The van der Waals surface area contributed by atoms with Crippen molar-refractivity contribution in [3.63, 3.8) is 0 Å². The van der Waals surface area contributed by atoms with Crippen molar-refractivity contribution in [2.24, 2.45) is 0 Å². The van der Waals surface area contributed by atoms with Crippen molar-refractivity contribution in [3.05, 3.63) is 29.8 Å². The van der Waals surface area contributed by atoms with Crippen LogP contribution in [0.3, 0.4) is 0 Å². The maximum absolute atomic E-state index is 12.1. The van der Waals surface area contributed by atoms with Crippen molar-refractivity contribution in [3.8, 4) is 5.75 Å². The fourth-order valence-electron chi connectivity index (χ4n) is 1.37. The molecular formula is C13H19F2NO2S. The summed E-state index contributed by atoms with van der Waals surface area (Å²) in [4.78, 5) is 0. The summed E-state index contributed by atoms with van der Waals surface area (Å²) in [6, 6.07) is 6.16. The van der Waals surface area contributed by atoms with Gasteiger partial charge in [0.15, 0.2) is 0 Å². The van der Waals surface area contributed by atoms with Crippen LogP contribution in [0.1, 0.15) is 39.3 Å². The third-order valence-corrected chi connectivity index (χ3v) is 4.10. The van der Waals surface area contributed by atoms with Crippen LogP contribution in [0.25, 0.3) is 0 Å². The second-order valence-corrected chi connectivity index (χ2v) is 7.17. The van der Waals surface area contributed by atoms with E-state index in [1.165, 1.54) is 12.1 Å². The van der Waals surface area contributed by atoms with Crippen molar-refractivity contribution in [1.82, 2.24) is 4.72 Å². The zero-order valence-corrected chi connectivity index (χ0v) is 12.3. The molecule has 108 valence electrons. The molecule has 0 unspecified atom stereocenters. The number of halogens is 2. The van der Waals surface area contributed by atoms with E-state index in [1.807, 2.05) is 27.7 Å². The Bertz CT molecular complexity index is 447. The Hall–Kier alpha value is -1.01. The minimum Gasteiger partial charge on any atom is -0.435 e. The molecule has 0 radical (unpaired) electrons. The van der Waals surface area contributed by atoms with Gasteiger partial charge >= 0.3 is 6.61 Å². The standard InChI is InChI=1S/C13H19F2NO2S/c1-9(16-19(17)13(2,3)4)10-6-5-7-11(8-10)18-12(14)15/h5-9,12,16H,1-4H3/t9-,19+/m0/s1. The van der Waals surface area contributed by atoms with Gasteiger partial charge in [-0.2, -0.15) is 8.78 Å². The quantitative estimate of drug-likeness (QED) is 0.903. The predicted octanol–water partition coefficient (Wildman–Crippen LogP) is 3.40. The van der Waals surface area contributed by atoms with Gasteiger partial charge in [0, 0.05) is 6.04 Å². The van der Waals surface area contributed by atoms with Crippen LogP contribution in [0.2, 0.25) is 0 Å². The molecule has 0 fully saturated rings. The maximum atomic E-state index is 12.1. The van der Waals surface area contributed by atoms with E-state index in [9.17, 15) is 13.0 Å². The third kappa shape index (κ3) is 5.24. The molecule has 1 rings (SSSR count). The summed E-state index contributed by atoms with van der Waals surface area (Å²) in [5, 5.41) is 0. The summed E-state index contributed by atoms with van der Waals surface area (Å²) in [6.07, 6.45) is 0. The minimum absolute atomic E-state index is 0.0997. The number of ether oxygens (including phenoxy) is 1. The van der Waals surface area contributed by atoms with Crippen LogP contribution < -0.4 is 9.46 Å². The first-order chi connectivity index (χ1) is 8.70. The van der Waals surface area contributed by atoms with Gasteiger partial charge in [0.25, 0.3) is 0 Å². The van der Waals surface area contributed by atoms with E-state index >= 15 is 0 Å². The fourth-order valence-corrected chi connectivity index (χ4v) is 2.18. The summed E-state index contributed by atoms with van der Waals surface area (Å²) in [6.45, 7) is 4.56. The number of rotatable bonds is 5. The van der Waals surface area contributed by atoms with Crippen molar-refractivity contribution < 1.29 is 17.7 Å². The summed E-state index contributed by atoms with van der Waals surface area (Å²) >= 11 is 0. The van der Waals surface area contributed by atoms with E-state index < -0.39 is 17.6 Å². The smallest absolute Gasteiger partial charge is 0.387 e. The second-order valence-electron chi connectivity index (χ2n) is 5.17. The van der Waals surface area contributed by atoms with Gasteiger partial charge in [-0.25, -0.2) is 8.93 Å². The van der Waals surface area contributed by atoms with E-state index in [0.717, 1.165) is 5.56 Å². The Balaban J connectivity index is 2.77. The molecule has 1 N–H and O–H groups in total. The van der Waals surface area contributed by atoms with Gasteiger partial charge in [0.05, 0.1) is 15.7 Å². The highest BCUT2D eigenvalue weighted by Gasteiger charge is 2.21. The van der Waals surface area contributed by atoms with Crippen LogP contribution in [0.4, 0.5) is 8.78 Å². The molecule has 1 aromatic rings. The molecule has 0 spiro atoms. The fraction of sp³-hybridized carbons (Fsp3) is 0.538. The van der Waals surface area contributed by atoms with Crippen molar-refractivity contribution in [2.75, 3.05) is 0 Å². The Morgan fingerprint density at radius 1 is 1.32 bits per heavy atom. The Labute approximate surface area is 114 Å². The molecule has 0 aromatic heterocycles. The molecular weight excluding hydrogens is 272 g/mol. The Kier molecular flexibility index (Phi) is 5.43. The highest BCUT2D eigenvalue weighted by molar-refractivity contribution is 7.84. The van der Waals surface area contributed by atoms with Crippen molar-refractivity contribution in [2.45, 2.75) is 45.1 Å². The molecule has 2 atom stereocenters. The highest BCUT2D eigenvalue weighted by Crippen LogP contribution is 2.22. The largest absolute Gasteiger partial charge is 0.435 e. The van der Waals surface area contributed by atoms with Crippen LogP contribution in [-0.4, -0.2) is 15.6 Å². The second kappa shape index (κ2) is 6.43. The normalized spacial score (nSPS) is 15.3. The number of hydrogen-bond acceptors (Lipinski definition) is 2. The molecule has 0 saturated carbocycles. The molecule has 0 aliphatic heterocycles. The lowest BCUT2D eigenvalue weighted by atomic mass is 10.1. The Morgan fingerprint density at radius 3 is 2.47 bits per heavy atom. The minimum atomic E-state index is -2.85. The molecule has 6 heteroatoms. The van der Waals surface area contributed by atoms with Crippen LogP contribution in [0.5, 0.6) is 5.75 Å². The van der Waals surface area contributed by atoms with Gasteiger partial charge < -0.3 is 4.74 Å². The third-order valence-electron chi connectivity index (χ3n) is 2.42. The van der Waals surface area contributed by atoms with Crippen LogP contribution in [0.15, 0.2) is 24.3 Å². The zero-order chi connectivity index (χ0) is 14.6. The highest BCUT2D eigenvalue weighted by atomic mass is 32.2. The molecule has 19 heavy (non-hydrogen) atoms. The predicted molar refractivity (Wildman–Crippen MR) is 72.5 cm³/mol. The summed E-state index contributed by atoms with van der Waals surface area (Å²) in [7, 11) is -1.22. The number of benzene rings is 1. The van der Waals surface area contributed by atoms with Crippen molar-refractivity contribution in [1.29, 1.82) is 0 Å². The number of nitrogens with one attached hydrogen (secondary N) is 1. The van der Waals surface area contributed by atoms with Gasteiger partial charge in [0.2, 0.25) is 0 Å². The van der Waals surface area contributed by atoms with E-state index in [1.54, 1.807) is 12.1 Å². The van der Waals surface area contributed by atoms with E-state index in [2.05, 4.69) is 9.46 Å². The van der Waals surface area contributed by atoms with Gasteiger partial charge in [-0.1, -0.05) is 12.1 Å². The Morgan fingerprint density at radius 2 is 1.95 bits per heavy atom. The van der Waals surface area contributed by atoms with Crippen LogP contribution >= 0.6 is 0 Å². The van der Waals surface area contributed by atoms with E-state index in [-0.39, 0.29) is 16.5 Å². The lowest BCUT2D eigenvalue weighted by molar-refractivity contribution is -0.0499. The first-order valence-electron chi connectivity index (χ1n) is 5.93. The number of alkyl halides is 2. The first kappa shape index (κ1) is 16.0. The van der Waals surface area contributed by atoms with Crippen LogP contribution in [-0.2, 0) is 11.0 Å². The molecule has 0 aliphatic carbocycles. The van der Waals surface area contributed by atoms with E-state index in [4.69, 9.17) is 0 Å². The van der Waals surface area contributed by atoms with Gasteiger partial charge in [-0.15, -0.1) is 0 Å². The summed E-state index contributed by atoms with van der Waals surface area (Å²) in [5.74, 6) is 0.0997. The van der Waals surface area contributed by atoms with Crippen molar-refractivity contribution >= 4 is 11.0 Å². The van der Waals surface area contributed by atoms with Crippen LogP contribution in [0, 0.1) is 0 Å². The lowest BCUT2D eigenvalue weighted by Crippen LogP contribution is -2.34. The molecule has 0 amide bonds. The average Bonchev–Trinajstić information content (AvgIpc) is 2.27. The molecule has 3 nitrogen and oxygen atoms in total. The van der Waals surface area contributed by atoms with E-state index in [0.29, 0.717) is 0 Å². The monoisotopic (exact) mass is 291 g/mol. The van der Waals surface area contributed by atoms with Gasteiger partial charge in [-0.3, -0.25) is 0 Å².